The number of carboxylic acid groups (broad SMARTS) is 2. The second kappa shape index (κ2) is 14.4. The van der Waals surface area contributed by atoms with Crippen molar-refractivity contribution >= 4 is 68.0 Å². The fraction of sp³-hybridized carbons (Fsp3) is 0.222. The molecule has 0 saturated carbocycles. The molecule has 0 aliphatic heterocycles. The molecule has 0 unspecified atom stereocenters. The average molecular weight is 667 g/mol. The Bertz CT molecular complexity index is 620. The predicted octanol–water partition coefficient (Wildman–Crippen LogP) is 5.86. The van der Waals surface area contributed by atoms with E-state index >= 15 is 0 Å². The summed E-state index contributed by atoms with van der Waals surface area (Å²) < 4.78 is 4.65. The molecule has 2 rings (SSSR count). The van der Waals surface area contributed by atoms with E-state index in [0.717, 1.165) is 8.95 Å². The Morgan fingerprint density at radius 1 is 0.840 bits per heavy atom. The third-order valence-electron chi connectivity index (χ3n) is 2.64. The molecule has 0 aliphatic rings. The number of halogens is 2. The minimum Gasteiger partial charge on any atom is -0.478 e. The maximum absolute atomic E-state index is 10.3. The van der Waals surface area contributed by atoms with Crippen LogP contribution in [0.1, 0.15) is 34.6 Å². The Morgan fingerprint density at radius 2 is 1.20 bits per heavy atom. The van der Waals surface area contributed by atoms with Gasteiger partial charge in [-0.2, -0.15) is 0 Å². The van der Waals surface area contributed by atoms with E-state index in [4.69, 9.17) is 10.2 Å². The Balaban J connectivity index is 0.000000368. The normalized spacial score (nSPS) is 9.12. The van der Waals surface area contributed by atoms with Gasteiger partial charge in [0.1, 0.15) is 0 Å². The van der Waals surface area contributed by atoms with Gasteiger partial charge in [0.25, 0.3) is 0 Å². The average Bonchev–Trinajstić information content (AvgIpc) is 2.57. The monoisotopic (exact) mass is 666 g/mol. The van der Waals surface area contributed by atoms with Crippen LogP contribution >= 0.6 is 31.9 Å². The van der Waals surface area contributed by atoms with Gasteiger partial charge in [-0.3, -0.25) is 0 Å². The SMILES string of the molecule is C[CH2][Pb][CH2]C.O=C(O)c1cccc(Br)c1.O=C(O)c1cccc(Br)c1. The first-order chi connectivity index (χ1) is 11.8. The number of benzene rings is 2. The summed E-state index contributed by atoms with van der Waals surface area (Å²) in [5.41, 5.74) is 0.601. The van der Waals surface area contributed by atoms with E-state index in [1.165, 1.54) is 7.96 Å². The van der Waals surface area contributed by atoms with Gasteiger partial charge < -0.3 is 10.2 Å². The largest absolute Gasteiger partial charge is 0.478 e. The first-order valence-electron chi connectivity index (χ1n) is 7.50. The van der Waals surface area contributed by atoms with E-state index in [-0.39, 0.29) is 24.2 Å². The van der Waals surface area contributed by atoms with Crippen molar-refractivity contribution in [2.24, 2.45) is 0 Å². The summed E-state index contributed by atoms with van der Waals surface area (Å²) in [6, 6.07) is 13.2. The summed E-state index contributed by atoms with van der Waals surface area (Å²) in [4.78, 5) is 20.7. The molecule has 134 valence electrons. The predicted molar refractivity (Wildman–Crippen MR) is 109 cm³/mol. The van der Waals surface area contributed by atoms with Gasteiger partial charge in [-0.05, 0) is 36.4 Å². The molecule has 0 heterocycles. The minimum absolute atomic E-state index is 0.0494. The van der Waals surface area contributed by atoms with Crippen molar-refractivity contribution in [3.8, 4) is 0 Å². The molecule has 4 nitrogen and oxygen atoms in total. The van der Waals surface area contributed by atoms with Crippen LogP contribution in [0.2, 0.25) is 7.96 Å². The van der Waals surface area contributed by atoms with Gasteiger partial charge in [0.15, 0.2) is 0 Å². The maximum atomic E-state index is 10.3. The van der Waals surface area contributed by atoms with E-state index in [0.29, 0.717) is 11.1 Å². The van der Waals surface area contributed by atoms with E-state index in [1.807, 2.05) is 0 Å². The summed E-state index contributed by atoms with van der Waals surface area (Å²) in [7, 11) is 0. The zero-order valence-corrected chi connectivity index (χ0v) is 21.1. The first kappa shape index (κ1) is 24.3. The topological polar surface area (TPSA) is 74.6 Å². The fourth-order valence-corrected chi connectivity index (χ4v) is 4.24. The Kier molecular flexibility index (Phi) is 14.0. The summed E-state index contributed by atoms with van der Waals surface area (Å²) in [5, 5.41) is 17.0. The standard InChI is InChI=1S/2C7H5BrO2.2C2H5.Pb/c2*8-6-3-1-2-5(4-6)7(9)10;2*1-2;/h2*1-4H,(H,9,10);2*1H2,2H3;. The van der Waals surface area contributed by atoms with Crippen LogP contribution in [0, 0.1) is 0 Å². The van der Waals surface area contributed by atoms with E-state index in [1.54, 1.807) is 48.5 Å². The molecule has 2 aromatic rings. The van der Waals surface area contributed by atoms with Gasteiger partial charge in [-0.15, -0.1) is 0 Å². The summed E-state index contributed by atoms with van der Waals surface area (Å²) in [5.74, 6) is -1.80. The molecule has 0 bridgehead atoms. The molecular formula is C18H20Br2O4Pb. The number of rotatable bonds is 4. The Labute approximate surface area is 177 Å². The van der Waals surface area contributed by atoms with Gasteiger partial charge in [0.05, 0.1) is 11.1 Å². The molecule has 0 atom stereocenters. The van der Waals surface area contributed by atoms with Crippen LogP contribution in [0.4, 0.5) is 0 Å². The van der Waals surface area contributed by atoms with Crippen molar-refractivity contribution < 1.29 is 19.8 Å². The molecule has 2 N–H and O–H groups in total. The molecule has 0 fully saturated rings. The first-order valence-corrected chi connectivity index (χ1v) is 14.6. The number of aromatic carboxylic acids is 2. The number of hydrogen-bond donors (Lipinski definition) is 2. The van der Waals surface area contributed by atoms with Crippen LogP contribution in [0.3, 0.4) is 0 Å². The van der Waals surface area contributed by atoms with Crippen LogP contribution in [-0.2, 0) is 0 Å². The van der Waals surface area contributed by atoms with Crippen LogP contribution in [0.5, 0.6) is 0 Å². The number of carboxylic acids is 2. The third kappa shape index (κ3) is 12.3. The summed E-state index contributed by atoms with van der Waals surface area (Å²) in [6.07, 6.45) is 0. The van der Waals surface area contributed by atoms with Crippen molar-refractivity contribution in [2.45, 2.75) is 21.8 Å². The van der Waals surface area contributed by atoms with Crippen LogP contribution in [0.25, 0.3) is 0 Å². The van der Waals surface area contributed by atoms with Gasteiger partial charge in [-0.25, -0.2) is 9.59 Å². The molecule has 0 amide bonds. The second-order valence-corrected chi connectivity index (χ2v) is 13.9. The Hall–Kier alpha value is -0.738. The number of hydrogen-bond acceptors (Lipinski definition) is 2. The van der Waals surface area contributed by atoms with E-state index in [2.05, 4.69) is 45.7 Å². The molecule has 25 heavy (non-hydrogen) atoms. The van der Waals surface area contributed by atoms with Gasteiger partial charge in [-0.1, -0.05) is 44.0 Å². The molecule has 0 aromatic heterocycles. The van der Waals surface area contributed by atoms with Crippen molar-refractivity contribution in [3.63, 3.8) is 0 Å². The quantitative estimate of drug-likeness (QED) is 0.401. The van der Waals surface area contributed by atoms with Crippen LogP contribution in [0.15, 0.2) is 57.5 Å². The van der Waals surface area contributed by atoms with Crippen molar-refractivity contribution in [1.82, 2.24) is 0 Å². The van der Waals surface area contributed by atoms with Gasteiger partial charge in [0.2, 0.25) is 0 Å². The molecular weight excluding hydrogens is 647 g/mol. The molecule has 2 aromatic carbocycles. The van der Waals surface area contributed by atoms with E-state index < -0.39 is 11.9 Å². The zero-order valence-electron chi connectivity index (χ0n) is 14.0. The summed E-state index contributed by atoms with van der Waals surface area (Å²) in [6.45, 7) is 4.60. The maximum Gasteiger partial charge on any atom is 0.335 e. The van der Waals surface area contributed by atoms with Crippen molar-refractivity contribution in [3.05, 3.63) is 68.6 Å². The minimum atomic E-state index is -0.902. The molecule has 0 saturated heterocycles. The van der Waals surface area contributed by atoms with Crippen LogP contribution in [-0.4, -0.2) is 46.4 Å². The molecule has 0 aliphatic carbocycles. The number of carbonyl (C=O) groups is 2. The van der Waals surface area contributed by atoms with Crippen LogP contribution < -0.4 is 0 Å². The second-order valence-electron chi connectivity index (χ2n) is 4.59. The molecule has 7 heteroatoms. The van der Waals surface area contributed by atoms with Crippen molar-refractivity contribution in [2.75, 3.05) is 0 Å². The molecule has 2 radical (unpaired) electrons. The molecule has 0 spiro atoms. The third-order valence-corrected chi connectivity index (χ3v) is 7.52. The fourth-order valence-electron chi connectivity index (χ4n) is 1.49. The smallest absolute Gasteiger partial charge is 0.335 e. The van der Waals surface area contributed by atoms with Gasteiger partial charge >= 0.3 is 58.0 Å². The van der Waals surface area contributed by atoms with Crippen molar-refractivity contribution in [1.29, 1.82) is 0 Å². The summed E-state index contributed by atoms with van der Waals surface area (Å²) >= 11 is 6.38. The van der Waals surface area contributed by atoms with E-state index in [9.17, 15) is 9.59 Å². The Morgan fingerprint density at radius 3 is 1.36 bits per heavy atom. The zero-order chi connectivity index (χ0) is 19.2. The van der Waals surface area contributed by atoms with Gasteiger partial charge in [0, 0.05) is 8.95 Å².